The number of ether oxygens (including phenoxy) is 2. The molecule has 0 saturated carbocycles. The van der Waals surface area contributed by atoms with Crippen LogP contribution in [0.15, 0.2) is 53.3 Å². The third-order valence-corrected chi connectivity index (χ3v) is 6.72. The zero-order valence-corrected chi connectivity index (χ0v) is 22.2. The zero-order valence-electron chi connectivity index (χ0n) is 22.2. The second kappa shape index (κ2) is 13.0. The summed E-state index contributed by atoms with van der Waals surface area (Å²) in [6.45, 7) is -1.94. The number of pyridine rings is 1. The lowest BCUT2D eigenvalue weighted by Crippen LogP contribution is -2.49. The Bertz CT molecular complexity index is 1530. The minimum Gasteiger partial charge on any atom is -0.446 e. The van der Waals surface area contributed by atoms with Crippen LogP contribution >= 0.6 is 0 Å². The molecule has 1 aliphatic rings. The number of H-pyrrole nitrogens is 1. The standard InChI is InChI=1S/C27H28F3N3O10/c28-27(29,30)18-4-2-1-3-16(18)19-7-13-5-6-14(8-17(13)24(39)32-19)33-10-15(43-26(33)41)12-42-25(40)31-9-20(35)22(37)23(38)21(36)11-34/h1-8,15,20-23,34-38H,9-12H2,(H,31,40)(H,32,39)/t15-,20-,21?,22+,23+/m0/s1. The van der Waals surface area contributed by atoms with Crippen LogP contribution in [0.25, 0.3) is 22.0 Å². The van der Waals surface area contributed by atoms with Gasteiger partial charge in [0.2, 0.25) is 0 Å². The maximum absolute atomic E-state index is 13.5. The Kier molecular flexibility index (Phi) is 9.56. The van der Waals surface area contributed by atoms with Crippen LogP contribution in [0.1, 0.15) is 5.56 Å². The largest absolute Gasteiger partial charge is 0.446 e. The molecule has 1 unspecified atom stereocenters. The van der Waals surface area contributed by atoms with E-state index in [4.69, 9.17) is 14.6 Å². The Morgan fingerprint density at radius 3 is 2.47 bits per heavy atom. The topological polar surface area (TPSA) is 202 Å². The van der Waals surface area contributed by atoms with Crippen molar-refractivity contribution in [3.63, 3.8) is 0 Å². The van der Waals surface area contributed by atoms with Gasteiger partial charge in [-0.3, -0.25) is 9.69 Å². The van der Waals surface area contributed by atoms with Crippen LogP contribution in [0.3, 0.4) is 0 Å². The first-order valence-electron chi connectivity index (χ1n) is 12.9. The fourth-order valence-corrected chi connectivity index (χ4v) is 4.44. The van der Waals surface area contributed by atoms with E-state index in [1.807, 2.05) is 0 Å². The third kappa shape index (κ3) is 7.23. The van der Waals surface area contributed by atoms with Crippen molar-refractivity contribution in [3.8, 4) is 11.3 Å². The molecule has 232 valence electrons. The van der Waals surface area contributed by atoms with Gasteiger partial charge in [0, 0.05) is 28.9 Å². The van der Waals surface area contributed by atoms with Gasteiger partial charge in [-0.05, 0) is 29.7 Å². The number of hydrogen-bond acceptors (Lipinski definition) is 10. The monoisotopic (exact) mass is 611 g/mol. The number of rotatable bonds is 10. The van der Waals surface area contributed by atoms with Gasteiger partial charge in [0.1, 0.15) is 24.9 Å². The summed E-state index contributed by atoms with van der Waals surface area (Å²) in [6, 6.07) is 10.5. The lowest BCUT2D eigenvalue weighted by Gasteiger charge is -2.25. The van der Waals surface area contributed by atoms with E-state index in [1.54, 1.807) is 0 Å². The molecule has 0 radical (unpaired) electrons. The molecule has 2 amide bonds. The Morgan fingerprint density at radius 2 is 1.77 bits per heavy atom. The smallest absolute Gasteiger partial charge is 0.417 e. The van der Waals surface area contributed by atoms with Gasteiger partial charge >= 0.3 is 18.4 Å². The van der Waals surface area contributed by atoms with Crippen LogP contribution in [0.5, 0.6) is 0 Å². The summed E-state index contributed by atoms with van der Waals surface area (Å²) < 4.78 is 50.6. The van der Waals surface area contributed by atoms with Gasteiger partial charge < -0.3 is 45.3 Å². The molecule has 1 fully saturated rings. The molecule has 0 aliphatic carbocycles. The maximum Gasteiger partial charge on any atom is 0.417 e. The number of aliphatic hydroxyl groups excluding tert-OH is 5. The van der Waals surface area contributed by atoms with Crippen molar-refractivity contribution in [2.24, 2.45) is 0 Å². The highest BCUT2D eigenvalue weighted by Gasteiger charge is 2.35. The summed E-state index contributed by atoms with van der Waals surface area (Å²) in [5.41, 5.74) is -1.57. The number of nitrogens with zero attached hydrogens (tertiary/aromatic N) is 1. The molecule has 2 aromatic carbocycles. The van der Waals surface area contributed by atoms with Crippen molar-refractivity contribution in [1.82, 2.24) is 10.3 Å². The number of anilines is 1. The number of aromatic amines is 1. The van der Waals surface area contributed by atoms with Gasteiger partial charge in [-0.25, -0.2) is 9.59 Å². The van der Waals surface area contributed by atoms with E-state index in [1.165, 1.54) is 47.4 Å². The summed E-state index contributed by atoms with van der Waals surface area (Å²) in [4.78, 5) is 41.0. The molecule has 5 atom stereocenters. The molecule has 2 heterocycles. The first kappa shape index (κ1) is 31.7. The first-order chi connectivity index (χ1) is 20.3. The SMILES string of the molecule is O=C(NC[C@H](O)[C@@H](O)[C@H](O)C(O)CO)OC[C@@H]1CN(c2ccc3cc(-c4ccccc4C(F)(F)F)[nH]c(=O)c3c2)C(=O)O1. The number of aromatic nitrogens is 1. The molecule has 1 aromatic heterocycles. The van der Waals surface area contributed by atoms with Crippen molar-refractivity contribution in [2.45, 2.75) is 36.7 Å². The van der Waals surface area contributed by atoms with Gasteiger partial charge in [-0.1, -0.05) is 24.3 Å². The molecule has 7 N–H and O–H groups in total. The zero-order chi connectivity index (χ0) is 31.5. The Hall–Kier alpha value is -4.22. The summed E-state index contributed by atoms with van der Waals surface area (Å²) >= 11 is 0. The number of nitrogens with one attached hydrogen (secondary N) is 2. The Balaban J connectivity index is 1.38. The number of benzene rings is 2. The average Bonchev–Trinajstić information content (AvgIpc) is 3.37. The molecular formula is C27H28F3N3O10. The van der Waals surface area contributed by atoms with E-state index in [9.17, 15) is 48.0 Å². The predicted molar refractivity (Wildman–Crippen MR) is 143 cm³/mol. The van der Waals surface area contributed by atoms with Gasteiger partial charge in [0.15, 0.2) is 6.10 Å². The number of aliphatic hydroxyl groups is 5. The normalized spacial score (nSPS) is 18.2. The van der Waals surface area contributed by atoms with E-state index >= 15 is 0 Å². The number of hydrogen-bond donors (Lipinski definition) is 7. The van der Waals surface area contributed by atoms with E-state index in [2.05, 4.69) is 10.3 Å². The summed E-state index contributed by atoms with van der Waals surface area (Å²) in [6.07, 6.45) is -14.6. The van der Waals surface area contributed by atoms with Gasteiger partial charge in [-0.2, -0.15) is 13.2 Å². The molecule has 13 nitrogen and oxygen atoms in total. The van der Waals surface area contributed by atoms with Crippen molar-refractivity contribution >= 4 is 28.6 Å². The number of halogens is 3. The van der Waals surface area contributed by atoms with Crippen LogP contribution in [0.2, 0.25) is 0 Å². The average molecular weight is 612 g/mol. The van der Waals surface area contributed by atoms with E-state index in [0.29, 0.717) is 5.39 Å². The van der Waals surface area contributed by atoms with Crippen LogP contribution in [0, 0.1) is 0 Å². The van der Waals surface area contributed by atoms with Gasteiger partial charge in [0.25, 0.3) is 5.56 Å². The second-order valence-corrected chi connectivity index (χ2v) is 9.72. The lowest BCUT2D eigenvalue weighted by molar-refractivity contribution is -0.137. The lowest BCUT2D eigenvalue weighted by atomic mass is 10.0. The van der Waals surface area contributed by atoms with Crippen molar-refractivity contribution in [1.29, 1.82) is 0 Å². The fraction of sp³-hybridized carbons (Fsp3) is 0.370. The number of cyclic esters (lactones) is 1. The quantitative estimate of drug-likeness (QED) is 0.171. The highest BCUT2D eigenvalue weighted by Crippen LogP contribution is 2.36. The second-order valence-electron chi connectivity index (χ2n) is 9.72. The highest BCUT2D eigenvalue weighted by atomic mass is 19.4. The Labute approximate surface area is 240 Å². The van der Waals surface area contributed by atoms with Crippen LogP contribution in [0.4, 0.5) is 28.4 Å². The van der Waals surface area contributed by atoms with E-state index < -0.39 is 79.8 Å². The third-order valence-electron chi connectivity index (χ3n) is 6.72. The molecule has 3 aromatic rings. The number of fused-ring (bicyclic) bond motifs is 1. The van der Waals surface area contributed by atoms with Crippen molar-refractivity contribution in [3.05, 3.63) is 64.4 Å². The number of alkyl carbamates (subject to hydrolysis) is 1. The van der Waals surface area contributed by atoms with Crippen molar-refractivity contribution < 1.29 is 57.8 Å². The molecule has 16 heteroatoms. The first-order valence-corrected chi connectivity index (χ1v) is 12.9. The number of alkyl halides is 3. The molecule has 43 heavy (non-hydrogen) atoms. The minimum atomic E-state index is -4.64. The molecule has 0 bridgehead atoms. The summed E-state index contributed by atoms with van der Waals surface area (Å²) in [5, 5.41) is 49.9. The number of amides is 2. The van der Waals surface area contributed by atoms with Crippen LogP contribution in [-0.2, 0) is 15.7 Å². The van der Waals surface area contributed by atoms with Gasteiger partial charge in [0.05, 0.1) is 24.8 Å². The predicted octanol–water partition coefficient (Wildman–Crippen LogP) is 0.701. The van der Waals surface area contributed by atoms with Crippen LogP contribution in [-0.4, -0.2) is 99.5 Å². The summed E-state index contributed by atoms with van der Waals surface area (Å²) in [5.74, 6) is 0. The molecule has 1 aliphatic heterocycles. The molecule has 4 rings (SSSR count). The van der Waals surface area contributed by atoms with Crippen molar-refractivity contribution in [2.75, 3.05) is 31.2 Å². The highest BCUT2D eigenvalue weighted by molar-refractivity contribution is 5.94. The maximum atomic E-state index is 13.5. The van der Waals surface area contributed by atoms with E-state index in [0.717, 1.165) is 6.07 Å². The van der Waals surface area contributed by atoms with E-state index in [-0.39, 0.29) is 28.9 Å². The molecule has 1 saturated heterocycles. The number of carbonyl (C=O) groups excluding carboxylic acids is 2. The minimum absolute atomic E-state index is 0.0322. The molecular weight excluding hydrogens is 583 g/mol. The summed E-state index contributed by atoms with van der Waals surface area (Å²) in [7, 11) is 0. The number of carbonyl (C=O) groups is 2. The van der Waals surface area contributed by atoms with Crippen LogP contribution < -0.4 is 15.8 Å². The van der Waals surface area contributed by atoms with Gasteiger partial charge in [-0.15, -0.1) is 0 Å². The molecule has 0 spiro atoms. The Morgan fingerprint density at radius 1 is 1.07 bits per heavy atom. The fourth-order valence-electron chi connectivity index (χ4n) is 4.44.